The van der Waals surface area contributed by atoms with Gasteiger partial charge in [0.15, 0.2) is 29.4 Å². The first-order valence-electron chi connectivity index (χ1n) is 9.18. The van der Waals surface area contributed by atoms with Crippen molar-refractivity contribution in [3.63, 3.8) is 0 Å². The molecule has 2 bridgehead atoms. The van der Waals surface area contributed by atoms with E-state index < -0.39 is 29.7 Å². The van der Waals surface area contributed by atoms with Gasteiger partial charge in [-0.25, -0.2) is 0 Å². The Morgan fingerprint density at radius 1 is 1.18 bits per heavy atom. The minimum atomic E-state index is -1.34. The summed E-state index contributed by atoms with van der Waals surface area (Å²) < 4.78 is 24.4. The van der Waals surface area contributed by atoms with E-state index in [2.05, 4.69) is 0 Å². The number of rotatable bonds is 1. The summed E-state index contributed by atoms with van der Waals surface area (Å²) in [7, 11) is 1.54. The second-order valence-corrected chi connectivity index (χ2v) is 7.86. The number of epoxide rings is 1. The molecule has 1 N–H and O–H groups in total. The van der Waals surface area contributed by atoms with Gasteiger partial charge in [-0.1, -0.05) is 18.2 Å². The first-order chi connectivity index (χ1) is 13.5. The zero-order valence-corrected chi connectivity index (χ0v) is 14.7. The summed E-state index contributed by atoms with van der Waals surface area (Å²) in [5.74, 6) is -1.27. The lowest BCUT2D eigenvalue weighted by Gasteiger charge is -2.47. The molecule has 0 aromatic heterocycles. The maximum atomic E-state index is 12.9. The quantitative estimate of drug-likeness (QED) is 0.756. The molecular formula is C21H14O7. The molecule has 0 amide bonds. The number of methoxy groups -OCH3 is 1. The molecule has 5 atom stereocenters. The molecule has 1 saturated heterocycles. The van der Waals surface area contributed by atoms with E-state index in [1.165, 1.54) is 6.07 Å². The third-order valence-electron chi connectivity index (χ3n) is 6.68. The van der Waals surface area contributed by atoms with E-state index in [1.807, 2.05) is 0 Å². The van der Waals surface area contributed by atoms with Crippen LogP contribution in [0.25, 0.3) is 0 Å². The normalized spacial score (nSPS) is 37.7. The minimum absolute atomic E-state index is 0.0482. The van der Waals surface area contributed by atoms with Crippen molar-refractivity contribution in [2.75, 3.05) is 7.11 Å². The van der Waals surface area contributed by atoms with E-state index in [9.17, 15) is 14.7 Å². The molecule has 140 valence electrons. The average Bonchev–Trinajstić information content (AvgIpc) is 3.47. The molecule has 0 radical (unpaired) electrons. The Balaban J connectivity index is 1.67. The van der Waals surface area contributed by atoms with Gasteiger partial charge in [-0.3, -0.25) is 9.59 Å². The van der Waals surface area contributed by atoms with Crippen molar-refractivity contribution in [1.29, 1.82) is 0 Å². The molecule has 2 aromatic carbocycles. The van der Waals surface area contributed by atoms with Crippen LogP contribution in [0, 0.1) is 0 Å². The van der Waals surface area contributed by atoms with Crippen LogP contribution >= 0.6 is 0 Å². The first kappa shape index (κ1) is 15.2. The fraction of sp³-hybridized carbons (Fsp3) is 0.333. The number of ketones is 2. The summed E-state index contributed by atoms with van der Waals surface area (Å²) in [5, 5.41) is 10.5. The number of phenols is 1. The summed E-state index contributed by atoms with van der Waals surface area (Å²) in [6.07, 6.45) is -1.76. The van der Waals surface area contributed by atoms with Gasteiger partial charge in [-0.15, -0.1) is 0 Å². The summed E-state index contributed by atoms with van der Waals surface area (Å²) in [4.78, 5) is 25.6. The topological polar surface area (TPSA) is 94.6 Å². The SMILES string of the molecule is COC1CC(=O)c2cccc3c2[C@]12O[C@@]1(O3)c3c2ccc(O)c3C(=O)[C@H]2O[C@H]21. The molecule has 2 aliphatic carbocycles. The lowest BCUT2D eigenvalue weighted by molar-refractivity contribution is -0.281. The van der Waals surface area contributed by atoms with Crippen LogP contribution in [0.4, 0.5) is 0 Å². The lowest BCUT2D eigenvalue weighted by Crippen LogP contribution is -2.55. The number of fused-ring (bicyclic) bond motifs is 1. The van der Waals surface area contributed by atoms with E-state index >= 15 is 0 Å². The lowest BCUT2D eigenvalue weighted by atomic mass is 9.71. The molecule has 1 fully saturated rings. The number of hydrogen-bond acceptors (Lipinski definition) is 7. The summed E-state index contributed by atoms with van der Waals surface area (Å²) in [5.41, 5.74) is 1.40. The molecule has 0 saturated carbocycles. The minimum Gasteiger partial charge on any atom is -0.507 e. The Morgan fingerprint density at radius 2 is 2.04 bits per heavy atom. The Bertz CT molecular complexity index is 1150. The Labute approximate surface area is 158 Å². The van der Waals surface area contributed by atoms with Crippen molar-refractivity contribution >= 4 is 11.6 Å². The van der Waals surface area contributed by atoms with Crippen molar-refractivity contribution in [2.24, 2.45) is 0 Å². The van der Waals surface area contributed by atoms with Gasteiger partial charge in [0.25, 0.3) is 5.79 Å². The second kappa shape index (κ2) is 4.30. The van der Waals surface area contributed by atoms with Gasteiger partial charge >= 0.3 is 0 Å². The highest BCUT2D eigenvalue weighted by molar-refractivity contribution is 6.08. The highest BCUT2D eigenvalue weighted by atomic mass is 16.8. The third-order valence-corrected chi connectivity index (χ3v) is 6.68. The molecule has 7 nitrogen and oxygen atoms in total. The molecular weight excluding hydrogens is 364 g/mol. The number of benzene rings is 2. The van der Waals surface area contributed by atoms with Crippen molar-refractivity contribution in [3.05, 3.63) is 58.1 Å². The first-order valence-corrected chi connectivity index (χ1v) is 9.18. The van der Waals surface area contributed by atoms with Crippen molar-refractivity contribution < 1.29 is 33.6 Å². The summed E-state index contributed by atoms with van der Waals surface area (Å²) in [6.45, 7) is 0. The largest absolute Gasteiger partial charge is 0.507 e. The van der Waals surface area contributed by atoms with E-state index in [1.54, 1.807) is 31.4 Å². The molecule has 1 unspecified atom stereocenters. The van der Waals surface area contributed by atoms with Gasteiger partial charge in [-0.2, -0.15) is 0 Å². The van der Waals surface area contributed by atoms with Crippen molar-refractivity contribution in [3.8, 4) is 11.5 Å². The fourth-order valence-electron chi connectivity index (χ4n) is 5.58. The Hall–Kier alpha value is -2.74. The van der Waals surface area contributed by atoms with Gasteiger partial charge in [0.1, 0.15) is 17.6 Å². The predicted molar refractivity (Wildman–Crippen MR) is 91.5 cm³/mol. The van der Waals surface area contributed by atoms with Gasteiger partial charge in [0.05, 0.1) is 5.56 Å². The smallest absolute Gasteiger partial charge is 0.269 e. The highest BCUT2D eigenvalue weighted by Gasteiger charge is 2.77. The van der Waals surface area contributed by atoms with Crippen molar-refractivity contribution in [2.45, 2.75) is 36.1 Å². The van der Waals surface area contributed by atoms with Crippen molar-refractivity contribution in [1.82, 2.24) is 0 Å². The zero-order valence-electron chi connectivity index (χ0n) is 14.7. The second-order valence-electron chi connectivity index (χ2n) is 7.86. The van der Waals surface area contributed by atoms with E-state index in [0.29, 0.717) is 28.0 Å². The molecule has 3 heterocycles. The van der Waals surface area contributed by atoms with Crippen LogP contribution in [0.15, 0.2) is 30.3 Å². The van der Waals surface area contributed by atoms with Crippen LogP contribution in [0.3, 0.4) is 0 Å². The maximum absolute atomic E-state index is 12.9. The molecule has 5 aliphatic rings. The third kappa shape index (κ3) is 1.33. The van der Waals surface area contributed by atoms with Gasteiger partial charge in [0, 0.05) is 35.8 Å². The van der Waals surface area contributed by atoms with E-state index in [-0.39, 0.29) is 29.3 Å². The number of ether oxygens (including phenoxy) is 4. The molecule has 28 heavy (non-hydrogen) atoms. The van der Waals surface area contributed by atoms with Crippen LogP contribution in [0.2, 0.25) is 0 Å². The van der Waals surface area contributed by atoms with Crippen LogP contribution in [-0.2, 0) is 25.6 Å². The Morgan fingerprint density at radius 3 is 2.86 bits per heavy atom. The van der Waals surface area contributed by atoms with Gasteiger partial charge in [-0.05, 0) is 12.1 Å². The van der Waals surface area contributed by atoms with Crippen LogP contribution in [0.1, 0.15) is 43.8 Å². The standard InChI is InChI=1S/C21H14O7/c1-25-13-7-11(23)8-3-2-4-12-15(8)20(13)9-5-6-10(22)14-16(9)21(27-12,28-20)19-18(26-19)17(14)24/h2-6,13,18-19,22H,7H2,1H3/t13?,18-,19-,20-,21+/m1/s1. The zero-order chi connectivity index (χ0) is 19.0. The number of Topliss-reactive ketones (excluding diaryl/α,β-unsaturated/α-hetero) is 2. The summed E-state index contributed by atoms with van der Waals surface area (Å²) >= 11 is 0. The van der Waals surface area contributed by atoms with E-state index in [0.717, 1.165) is 0 Å². The molecule has 7 rings (SSSR count). The van der Waals surface area contributed by atoms with Crippen LogP contribution in [0.5, 0.6) is 11.5 Å². The van der Waals surface area contributed by atoms with Crippen LogP contribution < -0.4 is 4.74 Å². The highest BCUT2D eigenvalue weighted by Crippen LogP contribution is 2.68. The molecule has 7 heteroatoms. The number of carbonyl (C=O) groups is 2. The van der Waals surface area contributed by atoms with Gasteiger partial charge < -0.3 is 24.1 Å². The Kier molecular flexibility index (Phi) is 2.34. The monoisotopic (exact) mass is 378 g/mol. The maximum Gasteiger partial charge on any atom is 0.269 e. The molecule has 2 aromatic rings. The molecule has 2 spiro atoms. The number of carbonyl (C=O) groups excluding carboxylic acids is 2. The average molecular weight is 378 g/mol. The van der Waals surface area contributed by atoms with Gasteiger partial charge in [0.2, 0.25) is 0 Å². The predicted octanol–water partition coefficient (Wildman–Crippen LogP) is 1.78. The number of phenolic OH excluding ortho intramolecular Hbond substituents is 1. The van der Waals surface area contributed by atoms with Crippen LogP contribution in [-0.4, -0.2) is 42.1 Å². The number of hydrogen-bond donors (Lipinski definition) is 1. The fourth-order valence-corrected chi connectivity index (χ4v) is 5.58. The van der Waals surface area contributed by atoms with E-state index in [4.69, 9.17) is 18.9 Å². The molecule has 3 aliphatic heterocycles. The number of aromatic hydroxyl groups is 1. The summed E-state index contributed by atoms with van der Waals surface area (Å²) in [6, 6.07) is 8.56.